The molecular weight excluding hydrogens is 328 g/mol. The molecular formula is C15H14BrF2NO. The Labute approximate surface area is 124 Å². The molecule has 2 N–H and O–H groups in total. The van der Waals surface area contributed by atoms with Gasteiger partial charge in [0.1, 0.15) is 17.4 Å². The Balaban J connectivity index is 2.49. The molecule has 0 saturated heterocycles. The summed E-state index contributed by atoms with van der Waals surface area (Å²) in [6.07, 6.45) is 0. The Kier molecular flexibility index (Phi) is 4.40. The predicted molar refractivity (Wildman–Crippen MR) is 77.8 cm³/mol. The lowest BCUT2D eigenvalue weighted by atomic mass is 9.97. The number of benzene rings is 2. The molecule has 0 amide bonds. The van der Waals surface area contributed by atoms with Crippen molar-refractivity contribution in [2.24, 2.45) is 5.73 Å². The van der Waals surface area contributed by atoms with E-state index < -0.39 is 17.7 Å². The highest BCUT2D eigenvalue weighted by molar-refractivity contribution is 9.10. The van der Waals surface area contributed by atoms with Gasteiger partial charge < -0.3 is 10.5 Å². The monoisotopic (exact) mass is 341 g/mol. The summed E-state index contributed by atoms with van der Waals surface area (Å²) in [5.41, 5.74) is 7.34. The minimum Gasteiger partial charge on any atom is -0.496 e. The Hall–Kier alpha value is -1.46. The number of hydrogen-bond donors (Lipinski definition) is 1. The molecule has 0 aromatic heterocycles. The number of ether oxygens (including phenoxy) is 1. The number of hydrogen-bond acceptors (Lipinski definition) is 2. The molecule has 2 aromatic rings. The predicted octanol–water partition coefficient (Wildman–Crippen LogP) is 4.09. The Morgan fingerprint density at radius 1 is 1.20 bits per heavy atom. The van der Waals surface area contributed by atoms with E-state index in [-0.39, 0.29) is 10.0 Å². The van der Waals surface area contributed by atoms with Gasteiger partial charge in [-0.05, 0) is 52.2 Å². The SMILES string of the molecule is COc1ccc(C(N)c2c(F)ccc(Br)c2F)cc1C. The highest BCUT2D eigenvalue weighted by Crippen LogP contribution is 2.31. The first kappa shape index (κ1) is 14.9. The van der Waals surface area contributed by atoms with E-state index in [2.05, 4.69) is 15.9 Å². The Bertz CT molecular complexity index is 646. The number of halogens is 3. The fourth-order valence-corrected chi connectivity index (χ4v) is 2.44. The third-order valence-electron chi connectivity index (χ3n) is 3.17. The van der Waals surface area contributed by atoms with Crippen molar-refractivity contribution in [2.75, 3.05) is 7.11 Å². The van der Waals surface area contributed by atoms with Gasteiger partial charge in [0.25, 0.3) is 0 Å². The van der Waals surface area contributed by atoms with Crippen LogP contribution in [-0.2, 0) is 0 Å². The molecule has 0 heterocycles. The van der Waals surface area contributed by atoms with Crippen molar-refractivity contribution in [1.82, 2.24) is 0 Å². The number of nitrogens with two attached hydrogens (primary N) is 1. The maximum absolute atomic E-state index is 14.1. The van der Waals surface area contributed by atoms with Crippen molar-refractivity contribution < 1.29 is 13.5 Å². The minimum atomic E-state index is -0.878. The molecule has 0 radical (unpaired) electrons. The molecule has 0 spiro atoms. The van der Waals surface area contributed by atoms with Crippen molar-refractivity contribution in [3.8, 4) is 5.75 Å². The van der Waals surface area contributed by atoms with Crippen LogP contribution in [0.1, 0.15) is 22.7 Å². The lowest BCUT2D eigenvalue weighted by molar-refractivity contribution is 0.411. The molecule has 1 unspecified atom stereocenters. The molecule has 2 aromatic carbocycles. The average Bonchev–Trinajstić information content (AvgIpc) is 2.43. The Morgan fingerprint density at radius 2 is 1.90 bits per heavy atom. The van der Waals surface area contributed by atoms with E-state index in [0.29, 0.717) is 11.3 Å². The van der Waals surface area contributed by atoms with Crippen LogP contribution in [0, 0.1) is 18.6 Å². The summed E-state index contributed by atoms with van der Waals surface area (Å²) in [4.78, 5) is 0. The highest BCUT2D eigenvalue weighted by Gasteiger charge is 2.21. The van der Waals surface area contributed by atoms with E-state index in [1.807, 2.05) is 6.92 Å². The zero-order valence-electron chi connectivity index (χ0n) is 11.1. The summed E-state index contributed by atoms with van der Waals surface area (Å²) in [5.74, 6) is -0.631. The fourth-order valence-electron chi connectivity index (χ4n) is 2.09. The van der Waals surface area contributed by atoms with Crippen LogP contribution < -0.4 is 10.5 Å². The van der Waals surface area contributed by atoms with E-state index >= 15 is 0 Å². The maximum Gasteiger partial charge on any atom is 0.145 e. The summed E-state index contributed by atoms with van der Waals surface area (Å²) in [6, 6.07) is 6.84. The number of rotatable bonds is 3. The van der Waals surface area contributed by atoms with Crippen molar-refractivity contribution in [3.63, 3.8) is 0 Å². The van der Waals surface area contributed by atoms with E-state index in [1.54, 1.807) is 25.3 Å². The zero-order valence-corrected chi connectivity index (χ0v) is 12.7. The molecule has 0 aliphatic rings. The fraction of sp³-hybridized carbons (Fsp3) is 0.200. The Morgan fingerprint density at radius 3 is 2.50 bits per heavy atom. The van der Waals surface area contributed by atoms with E-state index in [1.165, 1.54) is 12.1 Å². The van der Waals surface area contributed by atoms with Crippen LogP contribution in [-0.4, -0.2) is 7.11 Å². The van der Waals surface area contributed by atoms with Gasteiger partial charge in [-0.15, -0.1) is 0 Å². The molecule has 0 fully saturated rings. The quantitative estimate of drug-likeness (QED) is 0.853. The maximum atomic E-state index is 14.1. The summed E-state index contributed by atoms with van der Waals surface area (Å²) in [6.45, 7) is 1.85. The van der Waals surface area contributed by atoms with Crippen LogP contribution >= 0.6 is 15.9 Å². The van der Waals surface area contributed by atoms with E-state index in [9.17, 15) is 8.78 Å². The third-order valence-corrected chi connectivity index (χ3v) is 3.78. The van der Waals surface area contributed by atoms with Gasteiger partial charge in [-0.2, -0.15) is 0 Å². The molecule has 20 heavy (non-hydrogen) atoms. The summed E-state index contributed by atoms with van der Waals surface area (Å²) < 4.78 is 33.2. The summed E-state index contributed by atoms with van der Waals surface area (Å²) >= 11 is 3.04. The second kappa shape index (κ2) is 5.89. The number of aryl methyl sites for hydroxylation is 1. The topological polar surface area (TPSA) is 35.2 Å². The van der Waals surface area contributed by atoms with Crippen LogP contribution in [0.15, 0.2) is 34.8 Å². The molecule has 0 bridgehead atoms. The van der Waals surface area contributed by atoms with Crippen LogP contribution in [0.3, 0.4) is 0 Å². The van der Waals surface area contributed by atoms with Gasteiger partial charge in [0, 0.05) is 5.56 Å². The third kappa shape index (κ3) is 2.69. The lowest BCUT2D eigenvalue weighted by Gasteiger charge is -2.16. The van der Waals surface area contributed by atoms with Crippen LogP contribution in [0.25, 0.3) is 0 Å². The number of methoxy groups -OCH3 is 1. The van der Waals surface area contributed by atoms with Gasteiger partial charge in [-0.3, -0.25) is 0 Å². The van der Waals surface area contributed by atoms with Gasteiger partial charge in [-0.1, -0.05) is 12.1 Å². The molecule has 2 nitrogen and oxygen atoms in total. The molecule has 0 aliphatic heterocycles. The molecule has 0 saturated carbocycles. The van der Waals surface area contributed by atoms with Gasteiger partial charge >= 0.3 is 0 Å². The van der Waals surface area contributed by atoms with Crippen molar-refractivity contribution in [1.29, 1.82) is 0 Å². The standard InChI is InChI=1S/C15H14BrF2NO/c1-8-7-9(3-6-12(8)20-2)15(19)13-11(17)5-4-10(16)14(13)18/h3-7,15H,19H2,1-2H3. The van der Waals surface area contributed by atoms with Crippen LogP contribution in [0.2, 0.25) is 0 Å². The van der Waals surface area contributed by atoms with E-state index in [0.717, 1.165) is 5.56 Å². The normalized spacial score (nSPS) is 12.3. The molecule has 0 aliphatic carbocycles. The van der Waals surface area contributed by atoms with Crippen LogP contribution in [0.5, 0.6) is 5.75 Å². The second-order valence-corrected chi connectivity index (χ2v) is 5.32. The minimum absolute atomic E-state index is 0.149. The van der Waals surface area contributed by atoms with Crippen molar-refractivity contribution in [2.45, 2.75) is 13.0 Å². The first-order valence-electron chi connectivity index (χ1n) is 5.99. The lowest BCUT2D eigenvalue weighted by Crippen LogP contribution is -2.16. The summed E-state index contributed by atoms with van der Waals surface area (Å²) in [5, 5.41) is 0. The second-order valence-electron chi connectivity index (χ2n) is 4.46. The molecule has 106 valence electrons. The summed E-state index contributed by atoms with van der Waals surface area (Å²) in [7, 11) is 1.57. The first-order chi connectivity index (χ1) is 9.45. The average molecular weight is 342 g/mol. The molecule has 5 heteroatoms. The van der Waals surface area contributed by atoms with Crippen molar-refractivity contribution in [3.05, 3.63) is 63.1 Å². The van der Waals surface area contributed by atoms with Gasteiger partial charge in [0.15, 0.2) is 0 Å². The van der Waals surface area contributed by atoms with E-state index in [4.69, 9.17) is 10.5 Å². The largest absolute Gasteiger partial charge is 0.496 e. The van der Waals surface area contributed by atoms with Gasteiger partial charge in [0.2, 0.25) is 0 Å². The smallest absolute Gasteiger partial charge is 0.145 e. The van der Waals surface area contributed by atoms with Gasteiger partial charge in [-0.25, -0.2) is 8.78 Å². The van der Waals surface area contributed by atoms with Crippen molar-refractivity contribution >= 4 is 15.9 Å². The van der Waals surface area contributed by atoms with Gasteiger partial charge in [0.05, 0.1) is 17.6 Å². The molecule has 1 atom stereocenters. The highest BCUT2D eigenvalue weighted by atomic mass is 79.9. The first-order valence-corrected chi connectivity index (χ1v) is 6.78. The molecule has 2 rings (SSSR count). The van der Waals surface area contributed by atoms with Crippen LogP contribution in [0.4, 0.5) is 8.78 Å². The zero-order chi connectivity index (χ0) is 14.9.